The summed E-state index contributed by atoms with van der Waals surface area (Å²) in [6.07, 6.45) is 2.55. The molecule has 1 aromatic rings. The van der Waals surface area contributed by atoms with E-state index >= 15 is 0 Å². The normalized spacial score (nSPS) is 9.12. The van der Waals surface area contributed by atoms with Crippen molar-refractivity contribution in [2.24, 2.45) is 0 Å². The number of halogens is 1. The van der Waals surface area contributed by atoms with Crippen LogP contribution in [0.2, 0.25) is 5.15 Å². The van der Waals surface area contributed by atoms with E-state index in [9.17, 15) is 5.21 Å². The van der Waals surface area contributed by atoms with Crippen molar-refractivity contribution >= 4 is 11.6 Å². The molecule has 42 valence electrons. The molecule has 0 aliphatic rings. The van der Waals surface area contributed by atoms with Crippen molar-refractivity contribution < 1.29 is 4.73 Å². The van der Waals surface area contributed by atoms with Crippen molar-refractivity contribution in [1.82, 2.24) is 4.98 Å². The van der Waals surface area contributed by atoms with Crippen LogP contribution in [-0.2, 0) is 0 Å². The molecule has 3 nitrogen and oxygen atoms in total. The Hall–Kier alpha value is -0.830. The minimum atomic E-state index is 0.139. The highest BCUT2D eigenvalue weighted by Crippen LogP contribution is 1.94. The van der Waals surface area contributed by atoms with E-state index in [0.717, 1.165) is 6.33 Å². The Labute approximate surface area is 51.1 Å². The Bertz CT molecular complexity index is 170. The average molecular weight is 131 g/mol. The van der Waals surface area contributed by atoms with Gasteiger partial charge in [0.05, 0.1) is 0 Å². The van der Waals surface area contributed by atoms with E-state index in [1.807, 2.05) is 0 Å². The summed E-state index contributed by atoms with van der Waals surface area (Å²) in [4.78, 5) is 3.51. The highest BCUT2D eigenvalue weighted by atomic mass is 35.5. The molecule has 0 unspecified atom stereocenters. The lowest BCUT2D eigenvalue weighted by Gasteiger charge is -1.97. The van der Waals surface area contributed by atoms with Crippen LogP contribution in [0.4, 0.5) is 0 Å². The molecule has 0 fully saturated rings. The van der Waals surface area contributed by atoms with Gasteiger partial charge in [-0.15, -0.1) is 0 Å². The van der Waals surface area contributed by atoms with Gasteiger partial charge in [-0.3, -0.25) is 0 Å². The Morgan fingerprint density at radius 2 is 2.50 bits per heavy atom. The third-order valence-electron chi connectivity index (χ3n) is 0.680. The largest absolute Gasteiger partial charge is 0.710 e. The van der Waals surface area contributed by atoms with Crippen molar-refractivity contribution in [1.29, 1.82) is 0 Å². The van der Waals surface area contributed by atoms with Crippen LogP contribution in [-0.4, -0.2) is 4.98 Å². The first kappa shape index (κ1) is 5.31. The lowest BCUT2D eigenvalue weighted by molar-refractivity contribution is -0.606. The van der Waals surface area contributed by atoms with Crippen LogP contribution in [0.25, 0.3) is 0 Å². The molecular weight excluding hydrogens is 128 g/mol. The van der Waals surface area contributed by atoms with Gasteiger partial charge in [0.25, 0.3) is 6.33 Å². The van der Waals surface area contributed by atoms with Gasteiger partial charge in [-0.2, -0.15) is 0 Å². The molecule has 0 saturated carbocycles. The monoisotopic (exact) mass is 130 g/mol. The van der Waals surface area contributed by atoms with Crippen LogP contribution in [0.1, 0.15) is 0 Å². The summed E-state index contributed by atoms with van der Waals surface area (Å²) in [5, 5.41) is 10.5. The fraction of sp³-hybridized carbons (Fsp3) is 0. The van der Waals surface area contributed by atoms with Crippen LogP contribution in [0, 0.1) is 5.21 Å². The molecule has 0 aromatic carbocycles. The van der Waals surface area contributed by atoms with E-state index in [2.05, 4.69) is 4.98 Å². The molecule has 0 radical (unpaired) electrons. The maximum atomic E-state index is 10.3. The molecule has 0 amide bonds. The average Bonchev–Trinajstić information content (AvgIpc) is 1.77. The molecule has 0 saturated heterocycles. The van der Waals surface area contributed by atoms with Crippen molar-refractivity contribution in [3.8, 4) is 0 Å². The lowest BCUT2D eigenvalue weighted by Crippen LogP contribution is -2.26. The molecule has 1 heterocycles. The third kappa shape index (κ3) is 0.869. The van der Waals surface area contributed by atoms with E-state index in [-0.39, 0.29) is 5.15 Å². The van der Waals surface area contributed by atoms with Crippen molar-refractivity contribution in [3.05, 3.63) is 29.0 Å². The summed E-state index contributed by atoms with van der Waals surface area (Å²) >= 11 is 5.32. The first-order valence-corrected chi connectivity index (χ1v) is 2.37. The van der Waals surface area contributed by atoms with Gasteiger partial charge in [0.2, 0.25) is 5.15 Å². The van der Waals surface area contributed by atoms with Crippen molar-refractivity contribution in [3.63, 3.8) is 0 Å². The zero-order chi connectivity index (χ0) is 5.98. The summed E-state index contributed by atoms with van der Waals surface area (Å²) in [7, 11) is 0. The molecular formula is C4H3ClN2O. The van der Waals surface area contributed by atoms with Crippen LogP contribution >= 0.6 is 11.6 Å². The summed E-state index contributed by atoms with van der Waals surface area (Å²) in [6, 6.07) is 1.43. The van der Waals surface area contributed by atoms with E-state index < -0.39 is 0 Å². The molecule has 0 N–H and O–H groups in total. The topological polar surface area (TPSA) is 39.8 Å². The molecule has 1 rings (SSSR count). The molecule has 8 heavy (non-hydrogen) atoms. The van der Waals surface area contributed by atoms with Crippen LogP contribution in [0.3, 0.4) is 0 Å². The van der Waals surface area contributed by atoms with Gasteiger partial charge >= 0.3 is 0 Å². The summed E-state index contributed by atoms with van der Waals surface area (Å²) < 4.78 is 0.488. The van der Waals surface area contributed by atoms with E-state index in [1.54, 1.807) is 0 Å². The van der Waals surface area contributed by atoms with Gasteiger partial charge in [-0.1, -0.05) is 4.98 Å². The number of hydrogen-bond donors (Lipinski definition) is 0. The molecule has 0 aliphatic carbocycles. The molecule has 4 heteroatoms. The fourth-order valence-electron chi connectivity index (χ4n) is 0.332. The maximum absolute atomic E-state index is 10.3. The van der Waals surface area contributed by atoms with Crippen molar-refractivity contribution in [2.45, 2.75) is 0 Å². The Morgan fingerprint density at radius 3 is 2.88 bits per heavy atom. The van der Waals surface area contributed by atoms with E-state index in [1.165, 1.54) is 12.3 Å². The highest BCUT2D eigenvalue weighted by molar-refractivity contribution is 6.28. The van der Waals surface area contributed by atoms with Gasteiger partial charge in [-0.25, -0.2) is 4.73 Å². The molecule has 1 aromatic heterocycles. The van der Waals surface area contributed by atoms with Crippen molar-refractivity contribution in [2.75, 3.05) is 0 Å². The summed E-state index contributed by atoms with van der Waals surface area (Å²) in [6.45, 7) is 0. The number of hydrogen-bond acceptors (Lipinski definition) is 2. The van der Waals surface area contributed by atoms with Gasteiger partial charge in [-0.05, 0) is 11.6 Å². The van der Waals surface area contributed by atoms with Gasteiger partial charge in [0.15, 0.2) is 0 Å². The number of nitrogens with zero attached hydrogens (tertiary/aromatic N) is 2. The number of rotatable bonds is 0. The Morgan fingerprint density at radius 1 is 1.75 bits per heavy atom. The van der Waals surface area contributed by atoms with Gasteiger partial charge in [0, 0.05) is 6.07 Å². The Balaban J connectivity index is 3.13. The van der Waals surface area contributed by atoms with Crippen LogP contribution < -0.4 is 4.73 Å². The molecule has 0 aliphatic heterocycles. The molecule has 0 spiro atoms. The Kier molecular flexibility index (Phi) is 1.30. The van der Waals surface area contributed by atoms with Crippen LogP contribution in [0.15, 0.2) is 18.6 Å². The van der Waals surface area contributed by atoms with Crippen LogP contribution in [0.5, 0.6) is 0 Å². The predicted octanol–water partition coefficient (Wildman–Crippen LogP) is 0.368. The second kappa shape index (κ2) is 1.96. The second-order valence-corrected chi connectivity index (χ2v) is 1.62. The zero-order valence-electron chi connectivity index (χ0n) is 3.91. The molecule has 0 atom stereocenters. The summed E-state index contributed by atoms with van der Waals surface area (Å²) in [5.74, 6) is 0. The standard InChI is InChI=1S/C4H3ClN2O/c5-4-1-2-6-3-7(4)8/h1-3H. The maximum Gasteiger partial charge on any atom is 0.290 e. The quantitative estimate of drug-likeness (QED) is 0.289. The zero-order valence-corrected chi connectivity index (χ0v) is 4.67. The second-order valence-electron chi connectivity index (χ2n) is 1.23. The smallest absolute Gasteiger partial charge is 0.290 e. The lowest BCUT2D eigenvalue weighted by atomic mass is 10.7. The van der Waals surface area contributed by atoms with E-state index in [4.69, 9.17) is 11.6 Å². The fourth-order valence-corrected chi connectivity index (χ4v) is 0.432. The predicted molar refractivity (Wildman–Crippen MR) is 28.2 cm³/mol. The minimum Gasteiger partial charge on any atom is -0.710 e. The third-order valence-corrected chi connectivity index (χ3v) is 0.973. The van der Waals surface area contributed by atoms with Gasteiger partial charge < -0.3 is 5.21 Å². The first-order chi connectivity index (χ1) is 3.80. The number of aromatic nitrogens is 2. The summed E-state index contributed by atoms with van der Waals surface area (Å²) in [5.41, 5.74) is 0. The molecule has 0 bridgehead atoms. The first-order valence-electron chi connectivity index (χ1n) is 1.99. The SMILES string of the molecule is [O-][n+]1cnccc1Cl. The van der Waals surface area contributed by atoms with E-state index in [0.29, 0.717) is 4.73 Å². The van der Waals surface area contributed by atoms with Gasteiger partial charge in [0.1, 0.15) is 6.20 Å². The highest BCUT2D eigenvalue weighted by Gasteiger charge is 1.90. The minimum absolute atomic E-state index is 0.139.